The van der Waals surface area contributed by atoms with Crippen LogP contribution in [0.15, 0.2) is 84.9 Å². The number of carbonyl (C=O) groups excluding carboxylic acids is 1. The quantitative estimate of drug-likeness (QED) is 0.491. The first kappa shape index (κ1) is 22.9. The summed E-state index contributed by atoms with van der Waals surface area (Å²) in [7, 11) is 0. The highest BCUT2D eigenvalue weighted by Crippen LogP contribution is 2.28. The number of fused-ring (bicyclic) bond motifs is 1. The Morgan fingerprint density at radius 1 is 0.765 bits per heavy atom. The molecule has 1 atom stereocenters. The van der Waals surface area contributed by atoms with E-state index in [1.165, 1.54) is 25.8 Å². The molecule has 176 valence electrons. The van der Waals surface area contributed by atoms with Crippen molar-refractivity contribution in [2.75, 3.05) is 19.6 Å². The van der Waals surface area contributed by atoms with Crippen LogP contribution in [-0.4, -0.2) is 30.4 Å². The van der Waals surface area contributed by atoms with Gasteiger partial charge in [-0.25, -0.2) is 0 Å². The van der Waals surface area contributed by atoms with Gasteiger partial charge in [-0.3, -0.25) is 4.79 Å². The van der Waals surface area contributed by atoms with Gasteiger partial charge in [-0.15, -0.1) is 0 Å². The van der Waals surface area contributed by atoms with Crippen molar-refractivity contribution in [1.29, 1.82) is 0 Å². The molecule has 1 aliphatic heterocycles. The van der Waals surface area contributed by atoms with Crippen LogP contribution in [0.5, 0.6) is 0 Å². The van der Waals surface area contributed by atoms with Gasteiger partial charge in [-0.1, -0.05) is 84.9 Å². The maximum atomic E-state index is 13.1. The third kappa shape index (κ3) is 5.77. The predicted molar refractivity (Wildman–Crippen MR) is 139 cm³/mol. The van der Waals surface area contributed by atoms with E-state index >= 15 is 0 Å². The summed E-state index contributed by atoms with van der Waals surface area (Å²) < 4.78 is 0. The highest BCUT2D eigenvalue weighted by molar-refractivity contribution is 5.77. The fraction of sp³-hybridized carbons (Fsp3) is 0.387. The van der Waals surface area contributed by atoms with Crippen LogP contribution in [0.2, 0.25) is 0 Å². The molecule has 5 rings (SSSR count). The fourth-order valence-corrected chi connectivity index (χ4v) is 5.80. The number of nitrogens with one attached hydrogen (secondary N) is 1. The van der Waals surface area contributed by atoms with Crippen molar-refractivity contribution in [2.45, 2.75) is 44.6 Å². The highest BCUT2D eigenvalue weighted by atomic mass is 16.1. The topological polar surface area (TPSA) is 32.3 Å². The molecule has 2 aliphatic rings. The Balaban J connectivity index is 1.12. The van der Waals surface area contributed by atoms with Gasteiger partial charge in [-0.2, -0.15) is 0 Å². The molecule has 1 heterocycles. The van der Waals surface area contributed by atoms with Gasteiger partial charge in [-0.05, 0) is 79.3 Å². The van der Waals surface area contributed by atoms with Crippen molar-refractivity contribution in [3.8, 4) is 0 Å². The Kier molecular flexibility index (Phi) is 7.40. The number of benzene rings is 3. The normalized spacial score (nSPS) is 19.0. The van der Waals surface area contributed by atoms with Gasteiger partial charge >= 0.3 is 0 Å². The summed E-state index contributed by atoms with van der Waals surface area (Å²) in [6, 6.07) is 29.4. The van der Waals surface area contributed by atoms with Gasteiger partial charge in [0, 0.05) is 13.0 Å². The van der Waals surface area contributed by atoms with Crippen LogP contribution >= 0.6 is 0 Å². The Bertz CT molecular complexity index is 1020. The standard InChI is InChI=1S/C31H36N2O/c34-30(32-31(27-10-3-1-4-11-27)28-12-5-2-6-13-28)22-24-17-19-33(20-18-24)23-25-15-16-26-9-7-8-14-29(26)21-25/h1-14,24-25,31H,15-23H2,(H,32,34). The lowest BCUT2D eigenvalue weighted by molar-refractivity contribution is -0.122. The lowest BCUT2D eigenvalue weighted by Gasteiger charge is -2.35. The number of amides is 1. The molecule has 3 nitrogen and oxygen atoms in total. The molecule has 1 saturated heterocycles. The van der Waals surface area contributed by atoms with Gasteiger partial charge in [0.25, 0.3) is 0 Å². The number of likely N-dealkylation sites (tertiary alicyclic amines) is 1. The smallest absolute Gasteiger partial charge is 0.221 e. The van der Waals surface area contributed by atoms with Gasteiger partial charge in [0.2, 0.25) is 5.91 Å². The second-order valence-corrected chi connectivity index (χ2v) is 10.1. The van der Waals surface area contributed by atoms with Crippen LogP contribution in [0.25, 0.3) is 0 Å². The minimum atomic E-state index is -0.0934. The monoisotopic (exact) mass is 452 g/mol. The molecule has 1 amide bonds. The molecule has 1 aliphatic carbocycles. The molecule has 0 spiro atoms. The third-order valence-electron chi connectivity index (χ3n) is 7.72. The van der Waals surface area contributed by atoms with E-state index in [0.29, 0.717) is 12.3 Å². The Morgan fingerprint density at radius 2 is 1.35 bits per heavy atom. The van der Waals surface area contributed by atoms with Crippen LogP contribution in [-0.2, 0) is 17.6 Å². The molecular weight excluding hydrogens is 416 g/mol. The lowest BCUT2D eigenvalue weighted by Crippen LogP contribution is -2.40. The molecule has 0 bridgehead atoms. The summed E-state index contributed by atoms with van der Waals surface area (Å²) in [4.78, 5) is 15.7. The van der Waals surface area contributed by atoms with E-state index in [0.717, 1.165) is 43.0 Å². The van der Waals surface area contributed by atoms with Crippen LogP contribution < -0.4 is 5.32 Å². The number of rotatable bonds is 7. The van der Waals surface area contributed by atoms with Crippen LogP contribution in [0.1, 0.15) is 54.0 Å². The summed E-state index contributed by atoms with van der Waals surface area (Å²) in [5.74, 6) is 1.42. The Morgan fingerprint density at radius 3 is 2.00 bits per heavy atom. The zero-order valence-corrected chi connectivity index (χ0v) is 20.0. The summed E-state index contributed by atoms with van der Waals surface area (Å²) >= 11 is 0. The SMILES string of the molecule is O=C(CC1CCN(CC2CCc3ccccc3C2)CC1)NC(c1ccccc1)c1ccccc1. The van der Waals surface area contributed by atoms with Gasteiger partial charge in [0.1, 0.15) is 0 Å². The van der Waals surface area contributed by atoms with E-state index in [4.69, 9.17) is 0 Å². The third-order valence-corrected chi connectivity index (χ3v) is 7.72. The van der Waals surface area contributed by atoms with Crippen molar-refractivity contribution in [2.24, 2.45) is 11.8 Å². The van der Waals surface area contributed by atoms with Crippen molar-refractivity contribution in [3.05, 3.63) is 107 Å². The summed E-state index contributed by atoms with van der Waals surface area (Å²) in [6.07, 6.45) is 6.62. The molecule has 3 aromatic carbocycles. The van der Waals surface area contributed by atoms with E-state index in [1.54, 1.807) is 11.1 Å². The average Bonchev–Trinajstić information content (AvgIpc) is 2.89. The molecule has 0 saturated carbocycles. The number of piperidine rings is 1. The van der Waals surface area contributed by atoms with Crippen molar-refractivity contribution in [3.63, 3.8) is 0 Å². The lowest BCUT2D eigenvalue weighted by atomic mass is 9.83. The van der Waals surface area contributed by atoms with Crippen molar-refractivity contribution in [1.82, 2.24) is 10.2 Å². The van der Waals surface area contributed by atoms with E-state index in [9.17, 15) is 4.79 Å². The first-order chi connectivity index (χ1) is 16.7. The number of carbonyl (C=O) groups is 1. The average molecular weight is 453 g/mol. The molecule has 3 heteroatoms. The molecule has 3 aromatic rings. The molecule has 1 fully saturated rings. The maximum Gasteiger partial charge on any atom is 0.221 e. The fourth-order valence-electron chi connectivity index (χ4n) is 5.80. The highest BCUT2D eigenvalue weighted by Gasteiger charge is 2.26. The van der Waals surface area contributed by atoms with E-state index in [2.05, 4.69) is 58.7 Å². The first-order valence-electron chi connectivity index (χ1n) is 12.9. The number of aryl methyl sites for hydroxylation is 1. The van der Waals surface area contributed by atoms with E-state index in [1.807, 2.05) is 36.4 Å². The van der Waals surface area contributed by atoms with E-state index in [-0.39, 0.29) is 11.9 Å². The van der Waals surface area contributed by atoms with Crippen molar-refractivity contribution >= 4 is 5.91 Å². The second kappa shape index (κ2) is 11.0. The number of hydrogen-bond donors (Lipinski definition) is 1. The molecule has 1 N–H and O–H groups in total. The van der Waals surface area contributed by atoms with Crippen LogP contribution in [0, 0.1) is 11.8 Å². The molecule has 0 radical (unpaired) electrons. The molecular formula is C31H36N2O. The predicted octanol–water partition coefficient (Wildman–Crippen LogP) is 5.80. The van der Waals surface area contributed by atoms with Crippen LogP contribution in [0.3, 0.4) is 0 Å². The van der Waals surface area contributed by atoms with Gasteiger partial charge in [0.15, 0.2) is 0 Å². The summed E-state index contributed by atoms with van der Waals surface area (Å²) in [6.45, 7) is 3.45. The maximum absolute atomic E-state index is 13.1. The summed E-state index contributed by atoms with van der Waals surface area (Å²) in [5.41, 5.74) is 5.36. The van der Waals surface area contributed by atoms with Crippen LogP contribution in [0.4, 0.5) is 0 Å². The first-order valence-corrected chi connectivity index (χ1v) is 12.9. The number of nitrogens with zero attached hydrogens (tertiary/aromatic N) is 1. The summed E-state index contributed by atoms with van der Waals surface area (Å²) in [5, 5.41) is 3.33. The van der Waals surface area contributed by atoms with E-state index < -0.39 is 0 Å². The van der Waals surface area contributed by atoms with Gasteiger partial charge in [0.05, 0.1) is 6.04 Å². The Hall–Kier alpha value is -2.91. The zero-order valence-electron chi connectivity index (χ0n) is 20.0. The molecule has 0 aromatic heterocycles. The molecule has 34 heavy (non-hydrogen) atoms. The largest absolute Gasteiger partial charge is 0.345 e. The minimum absolute atomic E-state index is 0.0934. The second-order valence-electron chi connectivity index (χ2n) is 10.1. The van der Waals surface area contributed by atoms with Gasteiger partial charge < -0.3 is 10.2 Å². The number of hydrogen-bond acceptors (Lipinski definition) is 2. The zero-order chi connectivity index (χ0) is 23.2. The Labute approximate surface area is 204 Å². The molecule has 1 unspecified atom stereocenters. The minimum Gasteiger partial charge on any atom is -0.345 e. The van der Waals surface area contributed by atoms with Crippen molar-refractivity contribution < 1.29 is 4.79 Å².